The number of rotatable bonds is 4. The molecule has 1 saturated carbocycles. The van der Waals surface area contributed by atoms with Crippen LogP contribution >= 0.6 is 27.3 Å². The number of halogens is 1. The van der Waals surface area contributed by atoms with Crippen LogP contribution in [-0.2, 0) is 11.3 Å². The van der Waals surface area contributed by atoms with E-state index in [0.717, 1.165) is 21.5 Å². The van der Waals surface area contributed by atoms with Gasteiger partial charge in [-0.1, -0.05) is 0 Å². The van der Waals surface area contributed by atoms with Crippen molar-refractivity contribution in [2.24, 2.45) is 5.41 Å². The molecule has 0 unspecified atom stereocenters. The number of amides is 1. The molecule has 82 valence electrons. The Bertz CT molecular complexity index is 373. The Hall–Kier alpha value is -0.390. The number of hydrogen-bond donors (Lipinski definition) is 2. The maximum Gasteiger partial charge on any atom is 0.228 e. The highest BCUT2D eigenvalue weighted by molar-refractivity contribution is 9.11. The van der Waals surface area contributed by atoms with E-state index in [2.05, 4.69) is 21.2 Å². The van der Waals surface area contributed by atoms with Crippen molar-refractivity contribution < 1.29 is 9.90 Å². The average Bonchev–Trinajstić information content (AvgIpc) is 2.93. The van der Waals surface area contributed by atoms with Crippen LogP contribution in [0.25, 0.3) is 0 Å². The average molecular weight is 290 g/mol. The van der Waals surface area contributed by atoms with Gasteiger partial charge in [0.2, 0.25) is 5.91 Å². The summed E-state index contributed by atoms with van der Waals surface area (Å²) in [6.45, 7) is 0.518. The predicted molar refractivity (Wildman–Crippen MR) is 62.6 cm³/mol. The van der Waals surface area contributed by atoms with E-state index in [1.807, 2.05) is 12.1 Å². The largest absolute Gasteiger partial charge is 0.395 e. The predicted octanol–water partition coefficient (Wildman–Crippen LogP) is 1.90. The van der Waals surface area contributed by atoms with Crippen LogP contribution in [0.5, 0.6) is 0 Å². The van der Waals surface area contributed by atoms with Crippen molar-refractivity contribution in [3.63, 3.8) is 0 Å². The minimum Gasteiger partial charge on any atom is -0.395 e. The normalized spacial score (nSPS) is 17.5. The van der Waals surface area contributed by atoms with Crippen LogP contribution in [0.2, 0.25) is 0 Å². The summed E-state index contributed by atoms with van der Waals surface area (Å²) in [5, 5.41) is 11.9. The molecular formula is C10H12BrNO2S. The minimum atomic E-state index is -0.464. The zero-order chi connectivity index (χ0) is 10.9. The number of carbonyl (C=O) groups excluding carboxylic acids is 1. The standard InChI is InChI=1S/C10H12BrNO2S/c11-8-2-1-7(15-8)5-12-9(14)10(6-13)3-4-10/h1-2,13H,3-6H2,(H,12,14). The van der Waals surface area contributed by atoms with Gasteiger partial charge in [0, 0.05) is 4.88 Å². The van der Waals surface area contributed by atoms with Gasteiger partial charge in [0.25, 0.3) is 0 Å². The van der Waals surface area contributed by atoms with Crippen LogP contribution in [0, 0.1) is 5.41 Å². The van der Waals surface area contributed by atoms with Gasteiger partial charge in [0.1, 0.15) is 0 Å². The number of aliphatic hydroxyl groups excluding tert-OH is 1. The summed E-state index contributed by atoms with van der Waals surface area (Å²) in [5.41, 5.74) is -0.464. The Morgan fingerprint density at radius 2 is 2.33 bits per heavy atom. The molecule has 1 heterocycles. The molecule has 3 nitrogen and oxygen atoms in total. The van der Waals surface area contributed by atoms with Crippen molar-refractivity contribution in [1.29, 1.82) is 0 Å². The third kappa shape index (κ3) is 2.41. The fourth-order valence-corrected chi connectivity index (χ4v) is 2.83. The molecule has 0 aromatic carbocycles. The SMILES string of the molecule is O=C(NCc1ccc(Br)s1)C1(CO)CC1. The summed E-state index contributed by atoms with van der Waals surface area (Å²) < 4.78 is 1.06. The Labute approximate surface area is 101 Å². The van der Waals surface area contributed by atoms with Gasteiger partial charge >= 0.3 is 0 Å². The van der Waals surface area contributed by atoms with Crippen LogP contribution < -0.4 is 5.32 Å². The lowest BCUT2D eigenvalue weighted by atomic mass is 10.1. The lowest BCUT2D eigenvalue weighted by molar-refractivity contribution is -0.127. The molecule has 0 aliphatic heterocycles. The molecule has 1 aromatic heterocycles. The Morgan fingerprint density at radius 3 is 2.80 bits per heavy atom. The number of hydrogen-bond acceptors (Lipinski definition) is 3. The Morgan fingerprint density at radius 1 is 1.60 bits per heavy atom. The monoisotopic (exact) mass is 289 g/mol. The van der Waals surface area contributed by atoms with Gasteiger partial charge in [0.05, 0.1) is 22.4 Å². The number of nitrogens with one attached hydrogen (secondary N) is 1. The van der Waals surface area contributed by atoms with Gasteiger partial charge in [-0.15, -0.1) is 11.3 Å². The first-order valence-corrected chi connectivity index (χ1v) is 6.41. The summed E-state index contributed by atoms with van der Waals surface area (Å²) in [6.07, 6.45) is 1.62. The van der Waals surface area contributed by atoms with Gasteiger partial charge in [-0.2, -0.15) is 0 Å². The smallest absolute Gasteiger partial charge is 0.228 e. The van der Waals surface area contributed by atoms with Crippen LogP contribution in [0.15, 0.2) is 15.9 Å². The van der Waals surface area contributed by atoms with Crippen LogP contribution in [0.4, 0.5) is 0 Å². The second-order valence-electron chi connectivity index (χ2n) is 3.83. The second-order valence-corrected chi connectivity index (χ2v) is 6.37. The lowest BCUT2D eigenvalue weighted by Gasteiger charge is -2.11. The molecule has 1 aliphatic carbocycles. The van der Waals surface area contributed by atoms with E-state index in [1.165, 1.54) is 0 Å². The molecule has 1 amide bonds. The number of thiophene rings is 1. The van der Waals surface area contributed by atoms with Gasteiger partial charge < -0.3 is 10.4 Å². The minimum absolute atomic E-state index is 0.0190. The summed E-state index contributed by atoms with van der Waals surface area (Å²) in [5.74, 6) is -0.0190. The molecule has 1 aromatic rings. The summed E-state index contributed by atoms with van der Waals surface area (Å²) >= 11 is 4.98. The first-order chi connectivity index (χ1) is 7.16. The van der Waals surface area contributed by atoms with Crippen molar-refractivity contribution in [2.75, 3.05) is 6.61 Å². The molecule has 0 radical (unpaired) electrons. The van der Waals surface area contributed by atoms with Gasteiger partial charge in [0.15, 0.2) is 0 Å². The zero-order valence-corrected chi connectivity index (χ0v) is 10.5. The second kappa shape index (κ2) is 4.23. The first kappa shape index (κ1) is 11.1. The Balaban J connectivity index is 1.86. The molecule has 15 heavy (non-hydrogen) atoms. The third-order valence-electron chi connectivity index (χ3n) is 2.69. The molecule has 1 fully saturated rings. The molecular weight excluding hydrogens is 278 g/mol. The Kier molecular flexibility index (Phi) is 3.13. The highest BCUT2D eigenvalue weighted by atomic mass is 79.9. The topological polar surface area (TPSA) is 49.3 Å². The fourth-order valence-electron chi connectivity index (χ4n) is 1.41. The number of carbonyl (C=O) groups is 1. The first-order valence-electron chi connectivity index (χ1n) is 4.80. The van der Waals surface area contributed by atoms with E-state index < -0.39 is 5.41 Å². The molecule has 0 spiro atoms. The highest BCUT2D eigenvalue weighted by Crippen LogP contribution is 2.45. The highest BCUT2D eigenvalue weighted by Gasteiger charge is 2.49. The molecule has 2 rings (SSSR count). The zero-order valence-electron chi connectivity index (χ0n) is 8.12. The van der Waals surface area contributed by atoms with E-state index in [-0.39, 0.29) is 12.5 Å². The molecule has 2 N–H and O–H groups in total. The summed E-state index contributed by atoms with van der Waals surface area (Å²) in [6, 6.07) is 3.94. The molecule has 0 bridgehead atoms. The third-order valence-corrected chi connectivity index (χ3v) is 4.31. The quantitative estimate of drug-likeness (QED) is 0.890. The molecule has 0 saturated heterocycles. The van der Waals surface area contributed by atoms with E-state index >= 15 is 0 Å². The molecule has 0 atom stereocenters. The summed E-state index contributed by atoms with van der Waals surface area (Å²) in [7, 11) is 0. The van der Waals surface area contributed by atoms with Gasteiger partial charge in [-0.25, -0.2) is 0 Å². The van der Waals surface area contributed by atoms with Gasteiger partial charge in [-0.05, 0) is 40.9 Å². The molecule has 1 aliphatic rings. The maximum atomic E-state index is 11.7. The number of aliphatic hydroxyl groups is 1. The van der Waals surface area contributed by atoms with E-state index in [4.69, 9.17) is 5.11 Å². The lowest BCUT2D eigenvalue weighted by Crippen LogP contribution is -2.33. The van der Waals surface area contributed by atoms with Crippen molar-refractivity contribution in [3.05, 3.63) is 20.8 Å². The van der Waals surface area contributed by atoms with E-state index in [0.29, 0.717) is 6.54 Å². The van der Waals surface area contributed by atoms with Crippen molar-refractivity contribution in [1.82, 2.24) is 5.32 Å². The molecule has 5 heteroatoms. The van der Waals surface area contributed by atoms with Crippen LogP contribution in [-0.4, -0.2) is 17.6 Å². The van der Waals surface area contributed by atoms with Crippen LogP contribution in [0.1, 0.15) is 17.7 Å². The van der Waals surface area contributed by atoms with Gasteiger partial charge in [-0.3, -0.25) is 4.79 Å². The van der Waals surface area contributed by atoms with E-state index in [1.54, 1.807) is 11.3 Å². The van der Waals surface area contributed by atoms with Crippen molar-refractivity contribution in [2.45, 2.75) is 19.4 Å². The summed E-state index contributed by atoms with van der Waals surface area (Å²) in [4.78, 5) is 12.8. The maximum absolute atomic E-state index is 11.7. The van der Waals surface area contributed by atoms with Crippen molar-refractivity contribution >= 4 is 33.2 Å². The fraction of sp³-hybridized carbons (Fsp3) is 0.500. The van der Waals surface area contributed by atoms with Crippen LogP contribution in [0.3, 0.4) is 0 Å². The van der Waals surface area contributed by atoms with Crippen molar-refractivity contribution in [3.8, 4) is 0 Å². The van der Waals surface area contributed by atoms with E-state index in [9.17, 15) is 4.79 Å².